The number of hydrogen-bond donors (Lipinski definition) is 0. The highest BCUT2D eigenvalue weighted by molar-refractivity contribution is 6.22. The quantitative estimate of drug-likeness (QED) is 0.466. The summed E-state index contributed by atoms with van der Waals surface area (Å²) >= 11 is 5.87. The number of alkyl halides is 4. The van der Waals surface area contributed by atoms with Crippen molar-refractivity contribution in [2.45, 2.75) is 30.7 Å². The summed E-state index contributed by atoms with van der Waals surface area (Å²) in [5, 5.41) is -1.85. The molecular weight excluding hydrogens is 316 g/mol. The van der Waals surface area contributed by atoms with E-state index in [0.717, 1.165) is 12.1 Å². The van der Waals surface area contributed by atoms with Crippen LogP contribution in [0, 0.1) is 5.82 Å². The van der Waals surface area contributed by atoms with Crippen LogP contribution < -0.4 is 0 Å². The van der Waals surface area contributed by atoms with Crippen molar-refractivity contribution < 1.29 is 31.8 Å². The Labute approximate surface area is 122 Å². The standard InChI is InChI=1S/C13H11ClF4O3/c14-12(6-1-2-7-20-12)21-11(19)10-8(13(16,17)18)4-3-5-9(10)15/h3-5H,1-2,6-7H2. The molecule has 1 unspecified atom stereocenters. The molecule has 0 radical (unpaired) electrons. The van der Waals surface area contributed by atoms with Crippen LogP contribution in [-0.2, 0) is 15.7 Å². The average Bonchev–Trinajstić information content (AvgIpc) is 2.37. The van der Waals surface area contributed by atoms with Crippen LogP contribution in [0.1, 0.15) is 35.2 Å². The first-order chi connectivity index (χ1) is 9.73. The first-order valence-corrected chi connectivity index (χ1v) is 6.53. The van der Waals surface area contributed by atoms with E-state index in [1.165, 1.54) is 0 Å². The number of halogens is 5. The summed E-state index contributed by atoms with van der Waals surface area (Å²) in [7, 11) is 0. The van der Waals surface area contributed by atoms with E-state index in [-0.39, 0.29) is 13.0 Å². The van der Waals surface area contributed by atoms with Crippen molar-refractivity contribution in [3.63, 3.8) is 0 Å². The van der Waals surface area contributed by atoms with E-state index in [0.29, 0.717) is 18.9 Å². The van der Waals surface area contributed by atoms with Gasteiger partial charge in [0, 0.05) is 6.42 Å². The summed E-state index contributed by atoms with van der Waals surface area (Å²) in [5.74, 6) is -2.83. The summed E-state index contributed by atoms with van der Waals surface area (Å²) in [5.41, 5.74) is -2.61. The van der Waals surface area contributed by atoms with Crippen LogP contribution in [0.2, 0.25) is 0 Å². The third-order valence-electron chi connectivity index (χ3n) is 2.96. The van der Waals surface area contributed by atoms with Crippen LogP contribution in [0.25, 0.3) is 0 Å². The second kappa shape index (κ2) is 5.81. The largest absolute Gasteiger partial charge is 0.417 e. The van der Waals surface area contributed by atoms with Gasteiger partial charge < -0.3 is 9.47 Å². The van der Waals surface area contributed by atoms with Crippen LogP contribution in [0.15, 0.2) is 18.2 Å². The maximum atomic E-state index is 13.6. The Morgan fingerprint density at radius 1 is 1.33 bits per heavy atom. The highest BCUT2D eigenvalue weighted by Crippen LogP contribution is 2.36. The molecule has 1 heterocycles. The maximum absolute atomic E-state index is 13.6. The number of rotatable bonds is 2. The maximum Gasteiger partial charge on any atom is 0.417 e. The van der Waals surface area contributed by atoms with Crippen molar-refractivity contribution in [2.24, 2.45) is 0 Å². The van der Waals surface area contributed by atoms with Gasteiger partial charge in [0.15, 0.2) is 0 Å². The molecule has 0 N–H and O–H groups in total. The molecule has 8 heteroatoms. The monoisotopic (exact) mass is 326 g/mol. The predicted octanol–water partition coefficient (Wildman–Crippen LogP) is 4.09. The zero-order chi connectivity index (χ0) is 15.7. The lowest BCUT2D eigenvalue weighted by Gasteiger charge is -2.30. The van der Waals surface area contributed by atoms with Gasteiger partial charge >= 0.3 is 12.1 Å². The second-order valence-corrected chi connectivity index (χ2v) is 5.09. The van der Waals surface area contributed by atoms with E-state index in [2.05, 4.69) is 0 Å². The van der Waals surface area contributed by atoms with E-state index in [9.17, 15) is 22.4 Å². The van der Waals surface area contributed by atoms with Gasteiger partial charge in [-0.05, 0) is 36.6 Å². The minimum absolute atomic E-state index is 0.121. The normalized spacial score (nSPS) is 22.9. The minimum atomic E-state index is -4.89. The Hall–Kier alpha value is -1.34. The molecule has 0 aromatic heterocycles. The van der Waals surface area contributed by atoms with Crippen molar-refractivity contribution in [3.05, 3.63) is 35.1 Å². The number of benzene rings is 1. The third-order valence-corrected chi connectivity index (χ3v) is 3.33. The fraction of sp³-hybridized carbons (Fsp3) is 0.462. The smallest absolute Gasteiger partial charge is 0.414 e. The van der Waals surface area contributed by atoms with Gasteiger partial charge in [-0.1, -0.05) is 6.07 Å². The van der Waals surface area contributed by atoms with Gasteiger partial charge in [0.2, 0.25) is 0 Å². The Bertz CT molecular complexity index is 539. The van der Waals surface area contributed by atoms with Crippen molar-refractivity contribution >= 4 is 17.6 Å². The Kier molecular flexibility index (Phi) is 4.43. The van der Waals surface area contributed by atoms with Gasteiger partial charge in [0.1, 0.15) is 11.4 Å². The number of esters is 1. The molecule has 1 aromatic rings. The summed E-state index contributed by atoms with van der Waals surface area (Å²) in [6.07, 6.45) is -3.49. The SMILES string of the molecule is O=C(OC1(Cl)CCCCO1)c1c(F)cccc1C(F)(F)F. The molecule has 0 amide bonds. The minimum Gasteiger partial charge on any atom is -0.414 e. The lowest BCUT2D eigenvalue weighted by Crippen LogP contribution is -2.36. The Morgan fingerprint density at radius 2 is 2.05 bits per heavy atom. The molecule has 1 aliphatic heterocycles. The van der Waals surface area contributed by atoms with Gasteiger partial charge in [-0.2, -0.15) is 13.2 Å². The molecule has 0 aliphatic carbocycles. The lowest BCUT2D eigenvalue weighted by molar-refractivity contribution is -0.166. The molecule has 1 aromatic carbocycles. The topological polar surface area (TPSA) is 35.5 Å². The van der Waals surface area contributed by atoms with E-state index in [4.69, 9.17) is 21.1 Å². The first-order valence-electron chi connectivity index (χ1n) is 6.15. The lowest BCUT2D eigenvalue weighted by atomic mass is 10.1. The van der Waals surface area contributed by atoms with Gasteiger partial charge in [-0.3, -0.25) is 0 Å². The molecular formula is C13H11ClF4O3. The number of hydrogen-bond acceptors (Lipinski definition) is 3. The van der Waals surface area contributed by atoms with Crippen LogP contribution >= 0.6 is 11.6 Å². The molecule has 0 saturated carbocycles. The van der Waals surface area contributed by atoms with Crippen molar-refractivity contribution in [1.29, 1.82) is 0 Å². The van der Waals surface area contributed by atoms with Crippen LogP contribution in [0.3, 0.4) is 0 Å². The van der Waals surface area contributed by atoms with Crippen molar-refractivity contribution in [2.75, 3.05) is 6.61 Å². The average molecular weight is 327 g/mol. The fourth-order valence-electron chi connectivity index (χ4n) is 1.97. The highest BCUT2D eigenvalue weighted by atomic mass is 35.5. The molecule has 21 heavy (non-hydrogen) atoms. The predicted molar refractivity (Wildman–Crippen MR) is 65.2 cm³/mol. The fourth-order valence-corrected chi connectivity index (χ4v) is 2.25. The summed E-state index contributed by atoms with van der Waals surface area (Å²) in [6, 6.07) is 2.21. The molecule has 3 nitrogen and oxygen atoms in total. The summed E-state index contributed by atoms with van der Waals surface area (Å²) < 4.78 is 61.9. The molecule has 1 atom stereocenters. The van der Waals surface area contributed by atoms with Gasteiger partial charge in [0.05, 0.1) is 12.2 Å². The van der Waals surface area contributed by atoms with Crippen LogP contribution in [0.4, 0.5) is 17.6 Å². The van der Waals surface area contributed by atoms with Crippen molar-refractivity contribution in [1.82, 2.24) is 0 Å². The van der Waals surface area contributed by atoms with Crippen molar-refractivity contribution in [3.8, 4) is 0 Å². The number of carbonyl (C=O) groups is 1. The summed E-state index contributed by atoms with van der Waals surface area (Å²) in [6.45, 7) is 0.209. The first kappa shape index (κ1) is 16.0. The van der Waals surface area contributed by atoms with Gasteiger partial charge in [-0.25, -0.2) is 9.18 Å². The molecule has 1 saturated heterocycles. The van der Waals surface area contributed by atoms with Crippen LogP contribution in [-0.4, -0.2) is 17.8 Å². The molecule has 2 rings (SSSR count). The van der Waals surface area contributed by atoms with Gasteiger partial charge in [0.25, 0.3) is 5.25 Å². The van der Waals surface area contributed by atoms with E-state index in [1.54, 1.807) is 0 Å². The van der Waals surface area contributed by atoms with E-state index in [1.807, 2.05) is 0 Å². The zero-order valence-electron chi connectivity index (χ0n) is 10.7. The van der Waals surface area contributed by atoms with Gasteiger partial charge in [-0.15, -0.1) is 0 Å². The molecule has 1 aliphatic rings. The summed E-state index contributed by atoms with van der Waals surface area (Å²) in [4.78, 5) is 11.9. The second-order valence-electron chi connectivity index (χ2n) is 4.52. The number of carbonyl (C=O) groups excluding carboxylic acids is 1. The highest BCUT2D eigenvalue weighted by Gasteiger charge is 2.41. The Balaban J connectivity index is 2.31. The number of ether oxygens (including phenoxy) is 2. The molecule has 116 valence electrons. The molecule has 0 spiro atoms. The molecule has 0 bridgehead atoms. The van der Waals surface area contributed by atoms with Crippen LogP contribution in [0.5, 0.6) is 0 Å². The third kappa shape index (κ3) is 3.65. The molecule has 1 fully saturated rings. The van der Waals surface area contributed by atoms with E-state index < -0.39 is 34.3 Å². The van der Waals surface area contributed by atoms with E-state index >= 15 is 0 Å². The Morgan fingerprint density at radius 3 is 2.62 bits per heavy atom. The zero-order valence-corrected chi connectivity index (χ0v) is 11.4.